The van der Waals surface area contributed by atoms with Gasteiger partial charge in [0.2, 0.25) is 0 Å². The van der Waals surface area contributed by atoms with E-state index in [2.05, 4.69) is 20.9 Å². The molecule has 1 amide bonds. The molecule has 1 aromatic heterocycles. The predicted octanol–water partition coefficient (Wildman–Crippen LogP) is 4.17. The fourth-order valence-corrected chi connectivity index (χ4v) is 3.50. The zero-order valence-corrected chi connectivity index (χ0v) is 16.9. The van der Waals surface area contributed by atoms with Gasteiger partial charge in [-0.05, 0) is 55.5 Å². The van der Waals surface area contributed by atoms with Crippen LogP contribution in [0.15, 0.2) is 47.1 Å². The first kappa shape index (κ1) is 20.4. The Morgan fingerprint density at radius 3 is 2.73 bits per heavy atom. The molecule has 0 aliphatic rings. The highest BCUT2D eigenvalue weighted by molar-refractivity contribution is 9.10. The molecule has 2 atom stereocenters. The number of aromatic nitrogens is 1. The number of rotatable bonds is 7. The molecule has 0 fully saturated rings. The van der Waals surface area contributed by atoms with E-state index in [1.54, 1.807) is 20.0 Å². The Labute approximate surface area is 162 Å². The van der Waals surface area contributed by atoms with Crippen molar-refractivity contribution in [1.82, 2.24) is 4.98 Å². The van der Waals surface area contributed by atoms with Crippen molar-refractivity contribution in [1.29, 1.82) is 0 Å². The molecule has 2 unspecified atom stereocenters. The number of amides is 1. The first-order valence-electron chi connectivity index (χ1n) is 8.53. The van der Waals surface area contributed by atoms with E-state index >= 15 is 0 Å². The van der Waals surface area contributed by atoms with Gasteiger partial charge >= 0.3 is 6.09 Å². The van der Waals surface area contributed by atoms with Gasteiger partial charge in [0.25, 0.3) is 0 Å². The lowest BCUT2D eigenvalue weighted by Gasteiger charge is -2.27. The van der Waals surface area contributed by atoms with Gasteiger partial charge in [0, 0.05) is 17.1 Å². The summed E-state index contributed by atoms with van der Waals surface area (Å²) in [7, 11) is 0. The summed E-state index contributed by atoms with van der Waals surface area (Å²) in [6, 6.07) is 11.7. The molecule has 0 spiro atoms. The fourth-order valence-electron chi connectivity index (χ4n) is 3.05. The number of benzene rings is 1. The maximum absolute atomic E-state index is 11.1. The van der Waals surface area contributed by atoms with Crippen molar-refractivity contribution in [2.24, 2.45) is 11.7 Å². The molecule has 0 saturated heterocycles. The summed E-state index contributed by atoms with van der Waals surface area (Å²) < 4.78 is 6.18. The van der Waals surface area contributed by atoms with E-state index in [0.29, 0.717) is 12.1 Å². The second-order valence-corrected chi connectivity index (χ2v) is 8.08. The fraction of sp³-hybridized carbons (Fsp3) is 0.400. The number of carbonyl (C=O) groups is 1. The first-order chi connectivity index (χ1) is 12.2. The minimum absolute atomic E-state index is 0.0295. The van der Waals surface area contributed by atoms with Gasteiger partial charge in [0.15, 0.2) is 0 Å². The predicted molar refractivity (Wildman–Crippen MR) is 105 cm³/mol. The zero-order valence-electron chi connectivity index (χ0n) is 15.3. The number of hydrogen-bond donors (Lipinski definition) is 2. The van der Waals surface area contributed by atoms with Crippen LogP contribution in [-0.4, -0.2) is 21.8 Å². The summed E-state index contributed by atoms with van der Waals surface area (Å²) in [5.41, 5.74) is 6.95. The van der Waals surface area contributed by atoms with Crippen LogP contribution in [0.4, 0.5) is 4.79 Å². The molecule has 1 aromatic carbocycles. The van der Waals surface area contributed by atoms with Gasteiger partial charge in [-0.1, -0.05) is 41.1 Å². The van der Waals surface area contributed by atoms with Crippen LogP contribution in [0.25, 0.3) is 0 Å². The van der Waals surface area contributed by atoms with Crippen molar-refractivity contribution in [3.05, 3.63) is 63.9 Å². The summed E-state index contributed by atoms with van der Waals surface area (Å²) in [5, 5.41) is 10.9. The summed E-state index contributed by atoms with van der Waals surface area (Å²) in [4.78, 5) is 15.5. The van der Waals surface area contributed by atoms with Crippen LogP contribution in [0.3, 0.4) is 0 Å². The number of nitrogens with zero attached hydrogens (tertiary/aromatic N) is 1. The standard InChI is InChI=1S/C20H25BrN2O3/c1-13(10-14-6-4-8-16(21)11-14)18(24)17-15(7-5-9-23-17)12-20(2,3)26-19(22)25/h4-9,11,13,18,24H,10,12H2,1-3H3,(H2,22,25). The van der Waals surface area contributed by atoms with Crippen molar-refractivity contribution in [3.63, 3.8) is 0 Å². The van der Waals surface area contributed by atoms with Crippen LogP contribution >= 0.6 is 15.9 Å². The number of nitrogens with two attached hydrogens (primary N) is 1. The molecule has 2 rings (SSSR count). The SMILES string of the molecule is CC(Cc1cccc(Br)c1)C(O)c1ncccc1CC(C)(C)OC(N)=O. The zero-order chi connectivity index (χ0) is 19.3. The van der Waals surface area contributed by atoms with Crippen LogP contribution in [-0.2, 0) is 17.6 Å². The van der Waals surface area contributed by atoms with Crippen molar-refractivity contribution >= 4 is 22.0 Å². The van der Waals surface area contributed by atoms with E-state index in [9.17, 15) is 9.90 Å². The highest BCUT2D eigenvalue weighted by Gasteiger charge is 2.27. The summed E-state index contributed by atoms with van der Waals surface area (Å²) in [5.74, 6) is -0.0295. The highest BCUT2D eigenvalue weighted by atomic mass is 79.9. The van der Waals surface area contributed by atoms with Crippen molar-refractivity contribution in [3.8, 4) is 0 Å². The third kappa shape index (κ3) is 5.81. The van der Waals surface area contributed by atoms with E-state index in [4.69, 9.17) is 10.5 Å². The number of hydrogen-bond acceptors (Lipinski definition) is 4. The Morgan fingerprint density at radius 2 is 2.08 bits per heavy atom. The number of ether oxygens (including phenoxy) is 1. The molecule has 5 nitrogen and oxygen atoms in total. The topological polar surface area (TPSA) is 85.4 Å². The maximum atomic E-state index is 11.1. The molecule has 0 saturated carbocycles. The lowest BCUT2D eigenvalue weighted by Crippen LogP contribution is -2.34. The van der Waals surface area contributed by atoms with Crippen molar-refractivity contribution in [2.45, 2.75) is 45.3 Å². The number of carbonyl (C=O) groups excluding carboxylic acids is 1. The van der Waals surface area contributed by atoms with Gasteiger partial charge in [0.1, 0.15) is 5.60 Å². The number of aliphatic hydroxyl groups is 1. The van der Waals surface area contributed by atoms with Crippen LogP contribution in [0.5, 0.6) is 0 Å². The second-order valence-electron chi connectivity index (χ2n) is 7.16. The van der Waals surface area contributed by atoms with Crippen LogP contribution in [0, 0.1) is 5.92 Å². The third-order valence-electron chi connectivity index (χ3n) is 4.19. The van der Waals surface area contributed by atoms with Crippen molar-refractivity contribution < 1.29 is 14.6 Å². The smallest absolute Gasteiger partial charge is 0.405 e. The second kappa shape index (κ2) is 8.64. The molecule has 26 heavy (non-hydrogen) atoms. The molecule has 0 aliphatic heterocycles. The molecule has 6 heteroatoms. The van der Waals surface area contributed by atoms with Gasteiger partial charge in [-0.3, -0.25) is 4.98 Å². The average molecular weight is 421 g/mol. The quantitative estimate of drug-likeness (QED) is 0.703. The Hall–Kier alpha value is -1.92. The van der Waals surface area contributed by atoms with Gasteiger partial charge in [-0.15, -0.1) is 0 Å². The van der Waals surface area contributed by atoms with Crippen LogP contribution in [0.2, 0.25) is 0 Å². The van der Waals surface area contributed by atoms with Gasteiger partial charge < -0.3 is 15.6 Å². The van der Waals surface area contributed by atoms with E-state index in [1.807, 2.05) is 43.3 Å². The summed E-state index contributed by atoms with van der Waals surface area (Å²) in [6.45, 7) is 5.56. The minimum Gasteiger partial charge on any atom is -0.443 e. The Balaban J connectivity index is 2.18. The number of halogens is 1. The maximum Gasteiger partial charge on any atom is 0.405 e. The Kier molecular flexibility index (Phi) is 6.78. The molecule has 0 radical (unpaired) electrons. The Bertz CT molecular complexity index is 764. The van der Waals surface area contributed by atoms with Gasteiger partial charge in [-0.25, -0.2) is 4.79 Å². The van der Waals surface area contributed by atoms with E-state index in [0.717, 1.165) is 22.0 Å². The van der Waals surface area contributed by atoms with Gasteiger partial charge in [0.05, 0.1) is 11.8 Å². The lowest BCUT2D eigenvalue weighted by atomic mass is 9.89. The molecule has 0 aliphatic carbocycles. The number of primary amides is 1. The average Bonchev–Trinajstić information content (AvgIpc) is 2.53. The van der Waals surface area contributed by atoms with Crippen LogP contribution in [0.1, 0.15) is 43.7 Å². The van der Waals surface area contributed by atoms with Crippen LogP contribution < -0.4 is 5.73 Å². The van der Waals surface area contributed by atoms with Gasteiger partial charge in [-0.2, -0.15) is 0 Å². The first-order valence-corrected chi connectivity index (χ1v) is 9.32. The molecular formula is C20H25BrN2O3. The molecule has 1 heterocycles. The molecule has 140 valence electrons. The third-order valence-corrected chi connectivity index (χ3v) is 4.68. The summed E-state index contributed by atoms with van der Waals surface area (Å²) in [6.07, 6.45) is 1.26. The lowest BCUT2D eigenvalue weighted by molar-refractivity contribution is 0.0447. The monoisotopic (exact) mass is 420 g/mol. The summed E-state index contributed by atoms with van der Waals surface area (Å²) >= 11 is 3.47. The molecule has 3 N–H and O–H groups in total. The normalized spacial score (nSPS) is 13.9. The highest BCUT2D eigenvalue weighted by Crippen LogP contribution is 2.29. The van der Waals surface area contributed by atoms with E-state index in [-0.39, 0.29) is 5.92 Å². The number of pyridine rings is 1. The van der Waals surface area contributed by atoms with E-state index < -0.39 is 17.8 Å². The van der Waals surface area contributed by atoms with Crippen molar-refractivity contribution in [2.75, 3.05) is 0 Å². The minimum atomic E-state index is -0.816. The molecule has 0 bridgehead atoms. The number of aliphatic hydroxyl groups excluding tert-OH is 1. The molecule has 2 aromatic rings. The molecular weight excluding hydrogens is 396 g/mol. The largest absolute Gasteiger partial charge is 0.443 e. The Morgan fingerprint density at radius 1 is 1.35 bits per heavy atom. The van der Waals surface area contributed by atoms with E-state index in [1.165, 1.54) is 0 Å².